The average Bonchev–Trinajstić information content (AvgIpc) is 0.664. The fourth-order valence-electron chi connectivity index (χ4n) is 18.8. The summed E-state index contributed by atoms with van der Waals surface area (Å²) in [7, 11) is -0.0833. The Bertz CT molecular complexity index is 4780. The largest absolute Gasteiger partial charge is 0.550 e. The number of hydrogen-bond donors (Lipinski definition) is 1. The Labute approximate surface area is 772 Å². The van der Waals surface area contributed by atoms with Gasteiger partial charge in [0.05, 0.1) is 68.7 Å². The van der Waals surface area contributed by atoms with E-state index in [0.29, 0.717) is 42.9 Å². The van der Waals surface area contributed by atoms with E-state index in [9.17, 15) is 38.5 Å². The number of aliphatic carboxylic acids is 3. The molecule has 0 spiro atoms. The maximum Gasteiger partial charge on any atom is 0.381 e. The van der Waals surface area contributed by atoms with Crippen molar-refractivity contribution in [3.8, 4) is 0 Å². The summed E-state index contributed by atoms with van der Waals surface area (Å²) in [4.78, 5) is 60.4. The van der Waals surface area contributed by atoms with Gasteiger partial charge in [0.2, 0.25) is 0 Å². The standard InChI is InChI=1S/C21H21S.3C18H15S.C13H17F2NO3.C11H16O3.C11H16O2.C2H4O2/c1-16-4-10-19(11-5-16)22(20-12-6-17(2)7-13-20)21-14-8-18(3)9-15-21;3*1-4-10-16(11-5-1)19(17-12-6-2-7-13-17)18-14-8-3-9-15-18;1-13(14,15)12(17)19-9-5-3-2-4-6-16-7-10-18-11-8-16;12-9(13)10-2-7-1-8(3-10)5-11(14,4-7)6-10;12-10(13)11-4-7-1-8(5-11)3-9(2-7)6-11;1-2(3)4/h4-15H,1-3H3;3*1-15H;2-6,9H,7-8,10-11H2,1H3;7-8,14H,1-6H2,(H,12,13);7-9H,1-6H2,(H,12,13);1H3,(H,3,4)/q4*+1;;;;/p-3/b;;;;3-2+,6-4+,9-5-;;;. The molecule has 1 saturated heterocycles. The molecule has 0 radical (unpaired) electrons. The van der Waals surface area contributed by atoms with Crippen molar-refractivity contribution < 1.29 is 57.9 Å². The molecule has 1 heterocycles. The molecule has 1 N–H and O–H groups in total. The van der Waals surface area contributed by atoms with Crippen molar-refractivity contribution in [2.24, 2.45) is 40.4 Å². The van der Waals surface area contributed by atoms with Gasteiger partial charge in [-0.15, -0.1) is 0 Å². The molecule has 0 amide bonds. The third-order valence-electron chi connectivity index (χ3n) is 23.8. The van der Waals surface area contributed by atoms with Crippen LogP contribution in [-0.2, 0) is 72.2 Å². The molecule has 8 saturated carbocycles. The Morgan fingerprint density at radius 2 is 0.597 bits per heavy atom. The highest BCUT2D eigenvalue weighted by molar-refractivity contribution is 7.98. The van der Waals surface area contributed by atoms with E-state index < -0.39 is 46.2 Å². The predicted molar refractivity (Wildman–Crippen MR) is 510 cm³/mol. The number of allylic oxidation sites excluding steroid dienone is 4. The molecule has 11 nitrogen and oxygen atoms in total. The van der Waals surface area contributed by atoms with Crippen LogP contribution >= 0.6 is 0 Å². The smallest absolute Gasteiger partial charge is 0.381 e. The van der Waals surface area contributed by atoms with E-state index in [-0.39, 0.29) is 43.6 Å². The molecule has 1 aliphatic heterocycles. The number of morpholine rings is 1. The molecule has 21 rings (SSSR count). The summed E-state index contributed by atoms with van der Waals surface area (Å²) in [6, 6.07) is 123. The van der Waals surface area contributed by atoms with Crippen LogP contribution in [0.3, 0.4) is 0 Å². The molecule has 9 fully saturated rings. The summed E-state index contributed by atoms with van der Waals surface area (Å²) in [6.45, 7) is 11.0. The van der Waals surface area contributed by atoms with Crippen LogP contribution in [0.5, 0.6) is 0 Å². The Balaban J connectivity index is 0.000000136. The number of halogens is 2. The van der Waals surface area contributed by atoms with Gasteiger partial charge in [-0.1, -0.05) is 229 Å². The van der Waals surface area contributed by atoms with E-state index in [1.54, 1.807) is 12.2 Å². The number of aryl methyl sites for hydroxylation is 3. The van der Waals surface area contributed by atoms with Crippen molar-refractivity contribution >= 4 is 67.5 Å². The molecule has 0 aromatic heterocycles. The van der Waals surface area contributed by atoms with Gasteiger partial charge in [-0.25, -0.2) is 4.79 Å². The number of carboxylic acid groups (broad SMARTS) is 3. The Kier molecular flexibility index (Phi) is 35.9. The van der Waals surface area contributed by atoms with E-state index in [1.165, 1.54) is 101 Å². The van der Waals surface area contributed by atoms with Crippen molar-refractivity contribution in [2.75, 3.05) is 26.3 Å². The first kappa shape index (κ1) is 96.8. The lowest BCUT2D eigenvalue weighted by Crippen LogP contribution is -2.60. The van der Waals surface area contributed by atoms with Crippen molar-refractivity contribution in [2.45, 2.75) is 182 Å². The zero-order valence-corrected chi connectivity index (χ0v) is 77.3. The molecule has 17 heteroatoms. The van der Waals surface area contributed by atoms with Gasteiger partial charge < -0.3 is 49.2 Å². The van der Waals surface area contributed by atoms with E-state index in [2.05, 4.69) is 376 Å². The summed E-state index contributed by atoms with van der Waals surface area (Å²) in [6.07, 6.45) is 20.7. The number of alkyl halides is 2. The van der Waals surface area contributed by atoms with Gasteiger partial charge in [0.1, 0.15) is 0 Å². The fraction of sp³-hybridized carbons (Fsp3) is 0.268. The summed E-state index contributed by atoms with van der Waals surface area (Å²) < 4.78 is 34.2. The molecular formula is C112H116F2NO10S4+. The van der Waals surface area contributed by atoms with Crippen molar-refractivity contribution in [3.05, 3.63) is 399 Å². The summed E-state index contributed by atoms with van der Waals surface area (Å²) in [5, 5.41) is 41.4. The fourth-order valence-corrected chi connectivity index (χ4v) is 27.1. The van der Waals surface area contributed by atoms with Crippen LogP contribution in [0, 0.1) is 61.2 Å². The maximum absolute atomic E-state index is 12.4. The molecule has 129 heavy (non-hydrogen) atoms. The average molecular weight is 1800 g/mol. The molecule has 12 aromatic rings. The molecule has 12 aromatic carbocycles. The number of carboxylic acids is 3. The quantitative estimate of drug-likeness (QED) is 0.0352. The van der Waals surface area contributed by atoms with Gasteiger partial charge in [-0.05, 0) is 298 Å². The van der Waals surface area contributed by atoms with Crippen LogP contribution in [0.1, 0.15) is 108 Å². The predicted octanol–water partition coefficient (Wildman–Crippen LogP) is 21.9. The lowest BCUT2D eigenvalue weighted by molar-refractivity contribution is -0.331. The zero-order chi connectivity index (χ0) is 91.0. The van der Waals surface area contributed by atoms with E-state index in [0.717, 1.165) is 90.9 Å². The number of carbonyl (C=O) groups excluding carboxylic acids is 4. The topological polar surface area (TPSA) is 179 Å². The number of rotatable bonds is 19. The Morgan fingerprint density at radius 1 is 0.364 bits per heavy atom. The van der Waals surface area contributed by atoms with Crippen molar-refractivity contribution in [3.63, 3.8) is 0 Å². The van der Waals surface area contributed by atoms with E-state index >= 15 is 0 Å². The number of aliphatic hydroxyl groups is 1. The molecule has 666 valence electrons. The van der Waals surface area contributed by atoms with Crippen LogP contribution in [0.4, 0.5) is 8.78 Å². The zero-order valence-electron chi connectivity index (χ0n) is 74.0. The second kappa shape index (κ2) is 47.9. The third kappa shape index (κ3) is 28.6. The lowest BCUT2D eigenvalue weighted by atomic mass is 9.48. The second-order valence-corrected chi connectivity index (χ2v) is 42.3. The maximum atomic E-state index is 12.4. The molecule has 8 bridgehead atoms. The van der Waals surface area contributed by atoms with Crippen LogP contribution < -0.4 is 15.3 Å². The van der Waals surface area contributed by atoms with Gasteiger partial charge in [-0.3, -0.25) is 0 Å². The number of benzene rings is 12. The minimum absolute atomic E-state index is 0.0146. The first-order chi connectivity index (χ1) is 62.4. The lowest BCUT2D eigenvalue weighted by Gasteiger charge is -2.60. The van der Waals surface area contributed by atoms with Crippen molar-refractivity contribution in [1.82, 2.24) is 4.90 Å². The monoisotopic (exact) mass is 1800 g/mol. The SMILES string of the molecule is CC(=O)[O-].CC(F)(F)C(=O)O\C=C/C=C/C=C/N1CCOCC1.Cc1ccc([S+](c2ccc(C)cc2)c2ccc(C)cc2)cc1.O=C([O-])C12CC3CC(CC(C3)C1)C2.O=C([O-])C12CC3CC(CC(O)(C3)C1)C2.c1ccc([S+](c2ccccc2)c2ccccc2)cc1.c1ccc([S+](c2ccccc2)c2ccccc2)cc1.c1ccc([S+](c2ccccc2)c2ccccc2)cc1. The van der Waals surface area contributed by atoms with E-state index in [1.807, 2.05) is 12.3 Å². The molecular weight excluding hydrogens is 1690 g/mol. The van der Waals surface area contributed by atoms with Gasteiger partial charge >= 0.3 is 11.9 Å². The molecule has 9 aliphatic rings. The first-order valence-corrected chi connectivity index (χ1v) is 49.2. The molecule has 2 unspecified atom stereocenters. The van der Waals surface area contributed by atoms with Gasteiger partial charge in [0.15, 0.2) is 58.7 Å². The van der Waals surface area contributed by atoms with Crippen LogP contribution in [-0.4, -0.2) is 71.7 Å². The minimum atomic E-state index is -3.47. The summed E-state index contributed by atoms with van der Waals surface area (Å²) >= 11 is 0. The molecule has 2 atom stereocenters. The molecule has 8 aliphatic carbocycles. The third-order valence-corrected chi connectivity index (χ3v) is 32.7. The number of nitrogens with zero attached hydrogens (tertiary/aromatic N) is 1. The minimum Gasteiger partial charge on any atom is -0.550 e. The van der Waals surface area contributed by atoms with Gasteiger partial charge in [-0.2, -0.15) is 8.78 Å². The number of carbonyl (C=O) groups is 4. The van der Waals surface area contributed by atoms with Crippen LogP contribution in [0.25, 0.3) is 0 Å². The number of ether oxygens (including phenoxy) is 2. The van der Waals surface area contributed by atoms with Gasteiger partial charge in [0.25, 0.3) is 0 Å². The summed E-state index contributed by atoms with van der Waals surface area (Å²) in [5.41, 5.74) is 2.16. The number of hydrogen-bond acceptors (Lipinski definition) is 11. The normalized spacial score (nSPS) is 20.6. The van der Waals surface area contributed by atoms with Gasteiger partial charge in [0, 0.05) is 48.8 Å². The highest BCUT2D eigenvalue weighted by atomic mass is 32.2. The highest BCUT2D eigenvalue weighted by Gasteiger charge is 2.58. The van der Waals surface area contributed by atoms with Crippen LogP contribution in [0.15, 0.2) is 441 Å². The highest BCUT2D eigenvalue weighted by Crippen LogP contribution is 2.62. The van der Waals surface area contributed by atoms with Crippen LogP contribution in [0.2, 0.25) is 0 Å². The van der Waals surface area contributed by atoms with E-state index in [4.69, 9.17) is 14.6 Å². The summed E-state index contributed by atoms with van der Waals surface area (Å²) in [5.74, 6) is -4.81. The first-order valence-electron chi connectivity index (χ1n) is 44.3. The van der Waals surface area contributed by atoms with Crippen molar-refractivity contribution in [1.29, 1.82) is 0 Å². The Hall–Kier alpha value is -11.3. The second-order valence-electron chi connectivity index (χ2n) is 34.2. The number of esters is 1. The Morgan fingerprint density at radius 3 is 0.837 bits per heavy atom.